The molecule has 0 fully saturated rings. The molecule has 23 heavy (non-hydrogen) atoms. The molecule has 1 unspecified atom stereocenters. The fourth-order valence-corrected chi connectivity index (χ4v) is 1.64. The van der Waals surface area contributed by atoms with Gasteiger partial charge < -0.3 is 10.5 Å². The molecular formula is C12H8F6N4O. The summed E-state index contributed by atoms with van der Waals surface area (Å²) in [4.78, 5) is 9.99. The van der Waals surface area contributed by atoms with Crippen LogP contribution >= 0.6 is 0 Å². The van der Waals surface area contributed by atoms with Crippen LogP contribution in [0.1, 0.15) is 17.4 Å². The number of nitrogens with zero attached hydrogens (tertiary/aromatic N) is 3. The first-order valence-corrected chi connectivity index (χ1v) is 5.93. The number of pyridine rings is 1. The van der Waals surface area contributed by atoms with Crippen LogP contribution in [0.2, 0.25) is 0 Å². The van der Waals surface area contributed by atoms with Crippen molar-refractivity contribution in [2.75, 3.05) is 5.73 Å². The van der Waals surface area contributed by atoms with E-state index in [2.05, 4.69) is 19.7 Å². The van der Waals surface area contributed by atoms with Gasteiger partial charge in [0.15, 0.2) is 0 Å². The predicted octanol–water partition coefficient (Wildman–Crippen LogP) is 3.16. The molecule has 0 saturated heterocycles. The molecule has 0 radical (unpaired) electrons. The zero-order chi connectivity index (χ0) is 17.3. The van der Waals surface area contributed by atoms with E-state index in [4.69, 9.17) is 5.73 Å². The molecule has 0 amide bonds. The molecule has 5 nitrogen and oxygen atoms in total. The van der Waals surface area contributed by atoms with E-state index in [1.54, 1.807) is 0 Å². The Bertz CT molecular complexity index is 688. The topological polar surface area (TPSA) is 73.9 Å². The molecule has 1 atom stereocenters. The molecular weight excluding hydrogens is 330 g/mol. The maximum absolute atomic E-state index is 13.1. The van der Waals surface area contributed by atoms with E-state index in [0.717, 1.165) is 24.5 Å². The molecule has 0 aliphatic carbocycles. The second-order valence-corrected chi connectivity index (χ2v) is 4.23. The van der Waals surface area contributed by atoms with E-state index in [1.165, 1.54) is 0 Å². The number of ether oxygens (including phenoxy) is 1. The molecule has 0 bridgehead atoms. The highest BCUT2D eigenvalue weighted by atomic mass is 19.4. The second kappa shape index (κ2) is 5.89. The Morgan fingerprint density at radius 1 is 1.00 bits per heavy atom. The van der Waals surface area contributed by atoms with Crippen molar-refractivity contribution in [3.63, 3.8) is 0 Å². The van der Waals surface area contributed by atoms with Crippen LogP contribution in [-0.2, 0) is 6.18 Å². The van der Waals surface area contributed by atoms with Crippen molar-refractivity contribution >= 4 is 5.95 Å². The molecule has 2 rings (SSSR count). The van der Waals surface area contributed by atoms with Gasteiger partial charge in [0, 0.05) is 12.4 Å². The largest absolute Gasteiger partial charge is 0.458 e. The van der Waals surface area contributed by atoms with Gasteiger partial charge in [-0.3, -0.25) is 0 Å². The molecule has 0 saturated carbocycles. The molecule has 0 aliphatic rings. The fraction of sp³-hybridized carbons (Fsp3) is 0.250. The molecule has 2 aromatic rings. The van der Waals surface area contributed by atoms with Gasteiger partial charge in [-0.25, -0.2) is 15.0 Å². The van der Waals surface area contributed by atoms with Crippen molar-refractivity contribution in [3.05, 3.63) is 41.9 Å². The Morgan fingerprint density at radius 3 is 2.26 bits per heavy atom. The lowest BCUT2D eigenvalue weighted by atomic mass is 10.2. The summed E-state index contributed by atoms with van der Waals surface area (Å²) in [6.07, 6.45) is -10.9. The number of hydrogen-bond acceptors (Lipinski definition) is 5. The number of nitrogens with two attached hydrogens (primary N) is 1. The van der Waals surface area contributed by atoms with E-state index >= 15 is 0 Å². The maximum Gasteiger partial charge on any atom is 0.431 e. The zero-order valence-electron chi connectivity index (χ0n) is 11.1. The van der Waals surface area contributed by atoms with E-state index in [0.29, 0.717) is 6.07 Å². The minimum absolute atomic E-state index is 0.475. The first-order chi connectivity index (χ1) is 10.6. The molecule has 0 spiro atoms. The van der Waals surface area contributed by atoms with Crippen molar-refractivity contribution in [2.24, 2.45) is 0 Å². The van der Waals surface area contributed by atoms with Crippen LogP contribution in [0.3, 0.4) is 0 Å². The summed E-state index contributed by atoms with van der Waals surface area (Å²) >= 11 is 0. The average Bonchev–Trinajstić information content (AvgIpc) is 2.43. The highest BCUT2D eigenvalue weighted by Crippen LogP contribution is 2.40. The van der Waals surface area contributed by atoms with Crippen molar-refractivity contribution < 1.29 is 31.1 Å². The van der Waals surface area contributed by atoms with Gasteiger partial charge in [0.1, 0.15) is 5.56 Å². The van der Waals surface area contributed by atoms with Crippen LogP contribution in [0.25, 0.3) is 0 Å². The lowest BCUT2D eigenvalue weighted by molar-refractivity contribution is -0.202. The summed E-state index contributed by atoms with van der Waals surface area (Å²) < 4.78 is 82.3. The summed E-state index contributed by atoms with van der Waals surface area (Å²) in [5, 5.41) is 0. The predicted molar refractivity (Wildman–Crippen MR) is 65.1 cm³/mol. The molecule has 0 aliphatic heterocycles. The van der Waals surface area contributed by atoms with Crippen LogP contribution in [0, 0.1) is 0 Å². The van der Waals surface area contributed by atoms with Crippen LogP contribution in [0.5, 0.6) is 5.88 Å². The van der Waals surface area contributed by atoms with Crippen LogP contribution in [0.15, 0.2) is 30.6 Å². The Hall–Kier alpha value is -2.59. The molecule has 2 aromatic heterocycles. The van der Waals surface area contributed by atoms with E-state index < -0.39 is 41.5 Å². The standard InChI is InChI=1S/C12H8F6N4O/c13-11(14,15)6-2-1-4-20-9(6)23-8(12(16,17)18)7-3-5-21-10(19)22-7/h1-5,8H,(H2,19,21,22). The van der Waals surface area contributed by atoms with Gasteiger partial charge in [0.05, 0.1) is 5.69 Å². The zero-order valence-corrected chi connectivity index (χ0v) is 11.1. The Labute approximate surface area is 125 Å². The number of rotatable bonds is 3. The van der Waals surface area contributed by atoms with Crippen molar-refractivity contribution in [2.45, 2.75) is 18.5 Å². The highest BCUT2D eigenvalue weighted by molar-refractivity contribution is 5.29. The highest BCUT2D eigenvalue weighted by Gasteiger charge is 2.46. The second-order valence-electron chi connectivity index (χ2n) is 4.23. The van der Waals surface area contributed by atoms with Gasteiger partial charge >= 0.3 is 12.4 Å². The third-order valence-electron chi connectivity index (χ3n) is 2.57. The molecule has 2 N–H and O–H groups in total. The summed E-state index contributed by atoms with van der Waals surface area (Å²) in [6.45, 7) is 0. The summed E-state index contributed by atoms with van der Waals surface area (Å²) in [5.74, 6) is -1.68. The number of hydrogen-bond donors (Lipinski definition) is 1. The smallest absolute Gasteiger partial charge is 0.431 e. The first-order valence-electron chi connectivity index (χ1n) is 5.93. The average molecular weight is 338 g/mol. The number of anilines is 1. The normalized spacial score (nSPS) is 13.7. The lowest BCUT2D eigenvalue weighted by Crippen LogP contribution is -2.28. The number of nitrogen functional groups attached to an aromatic ring is 1. The minimum atomic E-state index is -5.04. The van der Waals surface area contributed by atoms with Crippen molar-refractivity contribution in [1.29, 1.82) is 0 Å². The third kappa shape index (κ3) is 3.99. The summed E-state index contributed by atoms with van der Waals surface area (Å²) in [6, 6.07) is 2.33. The van der Waals surface area contributed by atoms with Crippen LogP contribution < -0.4 is 10.5 Å². The number of halogens is 6. The molecule has 2 heterocycles. The van der Waals surface area contributed by atoms with Crippen LogP contribution in [-0.4, -0.2) is 21.1 Å². The van der Waals surface area contributed by atoms with Crippen molar-refractivity contribution in [1.82, 2.24) is 15.0 Å². The van der Waals surface area contributed by atoms with E-state index in [1.807, 2.05) is 0 Å². The Morgan fingerprint density at radius 2 is 1.70 bits per heavy atom. The summed E-state index contributed by atoms with van der Waals surface area (Å²) in [5.41, 5.74) is 3.02. The molecule has 0 aromatic carbocycles. The fourth-order valence-electron chi connectivity index (χ4n) is 1.64. The van der Waals surface area contributed by atoms with E-state index in [-0.39, 0.29) is 0 Å². The Kier molecular flexibility index (Phi) is 4.30. The van der Waals surface area contributed by atoms with Crippen molar-refractivity contribution in [3.8, 4) is 5.88 Å². The van der Waals surface area contributed by atoms with Gasteiger partial charge in [-0.05, 0) is 18.2 Å². The van der Waals surface area contributed by atoms with Crippen LogP contribution in [0.4, 0.5) is 32.3 Å². The molecule has 11 heteroatoms. The first kappa shape index (κ1) is 16.8. The van der Waals surface area contributed by atoms with Gasteiger partial charge in [-0.1, -0.05) is 0 Å². The SMILES string of the molecule is Nc1nccc(C(Oc2ncccc2C(F)(F)F)C(F)(F)F)n1. The van der Waals surface area contributed by atoms with E-state index in [9.17, 15) is 26.3 Å². The van der Waals surface area contributed by atoms with Gasteiger partial charge in [-0.2, -0.15) is 26.3 Å². The summed E-state index contributed by atoms with van der Waals surface area (Å²) in [7, 11) is 0. The lowest BCUT2D eigenvalue weighted by Gasteiger charge is -2.22. The van der Waals surface area contributed by atoms with Gasteiger partial charge in [-0.15, -0.1) is 0 Å². The monoisotopic (exact) mass is 338 g/mol. The molecule has 124 valence electrons. The Balaban J connectivity index is 2.45. The quantitative estimate of drug-likeness (QED) is 0.870. The van der Waals surface area contributed by atoms with Gasteiger partial charge in [0.2, 0.25) is 17.9 Å². The third-order valence-corrected chi connectivity index (χ3v) is 2.57. The number of alkyl halides is 6. The maximum atomic E-state index is 13.1. The number of aromatic nitrogens is 3. The minimum Gasteiger partial charge on any atom is -0.458 e. The van der Waals surface area contributed by atoms with Gasteiger partial charge in [0.25, 0.3) is 0 Å².